The molecule has 3 fully saturated rings. The second-order valence-electron chi connectivity index (χ2n) is 14.8. The van der Waals surface area contributed by atoms with Crippen molar-refractivity contribution in [2.45, 2.75) is 77.2 Å². The van der Waals surface area contributed by atoms with Crippen LogP contribution in [0, 0.1) is 11.3 Å². The van der Waals surface area contributed by atoms with E-state index in [0.717, 1.165) is 35.2 Å². The molecule has 0 aliphatic carbocycles. The lowest BCUT2D eigenvalue weighted by Gasteiger charge is -2.42. The lowest BCUT2D eigenvalue weighted by Crippen LogP contribution is -2.63. The zero-order valence-corrected chi connectivity index (χ0v) is 30.1. The van der Waals surface area contributed by atoms with Gasteiger partial charge in [-0.3, -0.25) is 15.2 Å². The number of hydrogen-bond acceptors (Lipinski definition) is 9. The van der Waals surface area contributed by atoms with Gasteiger partial charge in [-0.15, -0.1) is 0 Å². The predicted molar refractivity (Wildman–Crippen MR) is 193 cm³/mol. The number of hydrazine groups is 1. The van der Waals surface area contributed by atoms with Crippen molar-refractivity contribution in [3.8, 4) is 11.3 Å². The van der Waals surface area contributed by atoms with Gasteiger partial charge in [0.05, 0.1) is 37.0 Å². The van der Waals surface area contributed by atoms with Gasteiger partial charge in [-0.1, -0.05) is 81.4 Å². The van der Waals surface area contributed by atoms with Crippen molar-refractivity contribution in [2.75, 3.05) is 32.8 Å². The first-order chi connectivity index (χ1) is 25.0. The molecular formula is C39H50N6O7. The summed E-state index contributed by atoms with van der Waals surface area (Å²) < 4.78 is 17.0. The number of nitrogens with one attached hydrogen (secondary N) is 3. The summed E-state index contributed by atoms with van der Waals surface area (Å²) in [5, 5.41) is 19.3. The molecule has 278 valence electrons. The number of carbonyl (C=O) groups is 3. The van der Waals surface area contributed by atoms with E-state index in [-0.39, 0.29) is 43.8 Å². The largest absolute Gasteiger partial charge is 0.443 e. The maximum absolute atomic E-state index is 14.2. The minimum absolute atomic E-state index is 0.0317. The number of aliphatic hydroxyl groups excluding tert-OH is 1. The molecule has 6 unspecified atom stereocenters. The van der Waals surface area contributed by atoms with Crippen molar-refractivity contribution >= 4 is 18.0 Å². The minimum Gasteiger partial charge on any atom is -0.443 e. The summed E-state index contributed by atoms with van der Waals surface area (Å²) in [5.41, 5.74) is 6.01. The van der Waals surface area contributed by atoms with Crippen LogP contribution in [-0.4, -0.2) is 101 Å². The van der Waals surface area contributed by atoms with Crippen LogP contribution in [0.1, 0.15) is 44.7 Å². The molecule has 13 nitrogen and oxygen atoms in total. The molecule has 2 aromatic carbocycles. The lowest BCUT2D eigenvalue weighted by molar-refractivity contribution is -0.135. The van der Waals surface area contributed by atoms with E-state index in [9.17, 15) is 19.5 Å². The molecule has 0 bridgehead atoms. The molecule has 0 saturated carbocycles. The van der Waals surface area contributed by atoms with E-state index in [4.69, 9.17) is 14.2 Å². The Labute approximate surface area is 305 Å². The van der Waals surface area contributed by atoms with Crippen LogP contribution in [0.15, 0.2) is 79.0 Å². The Kier molecular flexibility index (Phi) is 12.1. The number of carbonyl (C=O) groups excluding carboxylic acids is 3. The summed E-state index contributed by atoms with van der Waals surface area (Å²) in [6, 6.07) is 21.3. The third-order valence-corrected chi connectivity index (χ3v) is 9.77. The van der Waals surface area contributed by atoms with E-state index >= 15 is 0 Å². The number of nitrogens with zero attached hydrogens (tertiary/aromatic N) is 3. The van der Waals surface area contributed by atoms with Crippen LogP contribution in [0.5, 0.6) is 0 Å². The number of alkyl carbamates (subject to hydrolysis) is 1. The molecule has 3 aromatic rings. The molecule has 6 atom stereocenters. The van der Waals surface area contributed by atoms with E-state index in [1.165, 1.54) is 0 Å². The normalized spacial score (nSPS) is 21.9. The highest BCUT2D eigenvalue weighted by molar-refractivity contribution is 5.87. The third kappa shape index (κ3) is 9.45. The van der Waals surface area contributed by atoms with Crippen LogP contribution in [0.25, 0.3) is 11.3 Å². The SMILES string of the molecule is CC(C)(C)C(C(=O)NN(Cc1ccc(-c2ccccn2)cc1)CC(O)C(Cc1ccccc1)NC(=O)OC1COC2OCCC12)N1CCCNC1=O. The molecule has 4 heterocycles. The van der Waals surface area contributed by atoms with Crippen LogP contribution in [0.2, 0.25) is 0 Å². The van der Waals surface area contributed by atoms with E-state index < -0.39 is 35.8 Å². The van der Waals surface area contributed by atoms with Gasteiger partial charge in [0.1, 0.15) is 12.1 Å². The van der Waals surface area contributed by atoms with Crippen LogP contribution in [0.3, 0.4) is 0 Å². The van der Waals surface area contributed by atoms with Gasteiger partial charge in [0, 0.05) is 37.9 Å². The van der Waals surface area contributed by atoms with Crippen LogP contribution in [-0.2, 0) is 32.0 Å². The van der Waals surface area contributed by atoms with Crippen LogP contribution >= 0.6 is 0 Å². The summed E-state index contributed by atoms with van der Waals surface area (Å²) in [5.74, 6) is -0.404. The number of benzene rings is 2. The number of aliphatic hydroxyl groups is 1. The molecule has 6 rings (SSSR count). The maximum Gasteiger partial charge on any atom is 0.407 e. The molecule has 3 aliphatic heterocycles. The monoisotopic (exact) mass is 714 g/mol. The van der Waals surface area contributed by atoms with Gasteiger partial charge in [-0.25, -0.2) is 14.6 Å². The summed E-state index contributed by atoms with van der Waals surface area (Å²) in [4.78, 5) is 46.5. The highest BCUT2D eigenvalue weighted by Gasteiger charge is 2.44. The summed E-state index contributed by atoms with van der Waals surface area (Å²) >= 11 is 0. The lowest BCUT2D eigenvalue weighted by atomic mass is 9.84. The fraction of sp³-hybridized carbons (Fsp3) is 0.487. The minimum atomic E-state index is -1.14. The number of pyridine rings is 1. The Morgan fingerprint density at radius 3 is 2.54 bits per heavy atom. The third-order valence-electron chi connectivity index (χ3n) is 9.77. The van der Waals surface area contributed by atoms with Gasteiger partial charge in [0.15, 0.2) is 6.29 Å². The number of hydrogen-bond donors (Lipinski definition) is 4. The Morgan fingerprint density at radius 2 is 1.83 bits per heavy atom. The Bertz CT molecular complexity index is 1640. The van der Waals surface area contributed by atoms with E-state index in [0.29, 0.717) is 26.1 Å². The fourth-order valence-corrected chi connectivity index (χ4v) is 7.17. The van der Waals surface area contributed by atoms with Crippen molar-refractivity contribution in [3.05, 3.63) is 90.1 Å². The average molecular weight is 715 g/mol. The molecule has 4 N–H and O–H groups in total. The average Bonchev–Trinajstić information content (AvgIpc) is 3.75. The number of aromatic nitrogens is 1. The van der Waals surface area contributed by atoms with Gasteiger partial charge in [0.25, 0.3) is 5.91 Å². The first kappa shape index (κ1) is 37.2. The van der Waals surface area contributed by atoms with Crippen LogP contribution in [0.4, 0.5) is 9.59 Å². The van der Waals surface area contributed by atoms with Gasteiger partial charge in [-0.2, -0.15) is 0 Å². The zero-order valence-electron chi connectivity index (χ0n) is 30.1. The molecule has 13 heteroatoms. The predicted octanol–water partition coefficient (Wildman–Crippen LogP) is 3.87. The molecule has 3 saturated heterocycles. The molecule has 4 amide bonds. The molecule has 0 spiro atoms. The van der Waals surface area contributed by atoms with E-state index in [1.807, 2.05) is 93.6 Å². The Morgan fingerprint density at radius 1 is 1.06 bits per heavy atom. The topological polar surface area (TPSA) is 155 Å². The van der Waals surface area contributed by atoms with Crippen LogP contribution < -0.4 is 16.1 Å². The number of rotatable bonds is 13. The second kappa shape index (κ2) is 16.8. The molecule has 52 heavy (non-hydrogen) atoms. The van der Waals surface area contributed by atoms with Crippen molar-refractivity contribution in [2.24, 2.45) is 11.3 Å². The number of amides is 4. The van der Waals surface area contributed by atoms with Gasteiger partial charge in [0.2, 0.25) is 0 Å². The molecule has 1 aromatic heterocycles. The Hall–Kier alpha value is -4.56. The number of urea groups is 1. The quantitative estimate of drug-likeness (QED) is 0.193. The summed E-state index contributed by atoms with van der Waals surface area (Å²) in [6.07, 6.45) is 0.895. The van der Waals surface area contributed by atoms with Gasteiger partial charge < -0.3 is 34.9 Å². The van der Waals surface area contributed by atoms with Crippen molar-refractivity contribution < 1.29 is 33.7 Å². The summed E-state index contributed by atoms with van der Waals surface area (Å²) in [7, 11) is 0. The van der Waals surface area contributed by atoms with Crippen molar-refractivity contribution in [1.29, 1.82) is 0 Å². The highest BCUT2D eigenvalue weighted by Crippen LogP contribution is 2.33. The number of fused-ring (bicyclic) bond motifs is 1. The molecular weight excluding hydrogens is 664 g/mol. The molecule has 0 radical (unpaired) electrons. The zero-order chi connectivity index (χ0) is 36.7. The summed E-state index contributed by atoms with van der Waals surface area (Å²) in [6.45, 7) is 7.78. The standard InChI is InChI=1S/C39H50N6O7/c1-39(2,3)34(45-20-9-19-41-37(45)48)35(47)43-44(23-27-13-15-28(16-14-27)30-12-7-8-18-40-30)24-32(46)31(22-26-10-5-4-6-11-26)42-38(49)52-33-25-51-36-29(33)17-21-50-36/h4-8,10-16,18,29,31-34,36,46H,9,17,19-25H2,1-3H3,(H,41,48)(H,42,49)(H,43,47). The van der Waals surface area contributed by atoms with Gasteiger partial charge in [-0.05, 0) is 47.9 Å². The van der Waals surface area contributed by atoms with Crippen molar-refractivity contribution in [1.82, 2.24) is 31.0 Å². The highest BCUT2D eigenvalue weighted by atomic mass is 16.7. The molecule has 3 aliphatic rings. The first-order valence-corrected chi connectivity index (χ1v) is 18.1. The smallest absolute Gasteiger partial charge is 0.407 e. The van der Waals surface area contributed by atoms with E-state index in [1.54, 1.807) is 16.1 Å². The van der Waals surface area contributed by atoms with Gasteiger partial charge >= 0.3 is 12.1 Å². The second-order valence-corrected chi connectivity index (χ2v) is 14.8. The number of ether oxygens (including phenoxy) is 3. The Balaban J connectivity index is 1.22. The fourth-order valence-electron chi connectivity index (χ4n) is 7.17. The maximum atomic E-state index is 14.2. The van der Waals surface area contributed by atoms with E-state index in [2.05, 4.69) is 21.0 Å². The van der Waals surface area contributed by atoms with Crippen molar-refractivity contribution in [3.63, 3.8) is 0 Å². The first-order valence-electron chi connectivity index (χ1n) is 18.1.